The number of benzene rings is 1. The van der Waals surface area contributed by atoms with Gasteiger partial charge >= 0.3 is 0 Å². The topological polar surface area (TPSA) is 101 Å². The number of amides is 2. The maximum atomic E-state index is 11.3. The van der Waals surface area contributed by atoms with E-state index in [1.54, 1.807) is 12.1 Å². The van der Waals surface area contributed by atoms with Crippen LogP contribution in [0.1, 0.15) is 40.5 Å². The zero-order chi connectivity index (χ0) is 15.4. The molecule has 21 heavy (non-hydrogen) atoms. The Bertz CT molecular complexity index is 504. The number of carbonyl (C=O) groups is 2. The van der Waals surface area contributed by atoms with Gasteiger partial charge < -0.3 is 21.7 Å². The van der Waals surface area contributed by atoms with Crippen molar-refractivity contribution in [1.82, 2.24) is 4.90 Å². The van der Waals surface area contributed by atoms with Crippen molar-refractivity contribution < 1.29 is 9.59 Å². The second-order valence-corrected chi connectivity index (χ2v) is 5.38. The molecule has 1 aromatic rings. The lowest BCUT2D eigenvalue weighted by Crippen LogP contribution is -2.38. The molecule has 1 aromatic carbocycles. The largest absolute Gasteiger partial charge is 0.382 e. The number of likely N-dealkylation sites (tertiary alicyclic amines) is 1. The summed E-state index contributed by atoms with van der Waals surface area (Å²) in [6, 6.07) is 5.09. The molecule has 0 aliphatic carbocycles. The molecule has 0 radical (unpaired) electrons. The van der Waals surface area contributed by atoms with Crippen molar-refractivity contribution in [1.29, 1.82) is 0 Å². The number of carbonyl (C=O) groups excluding carboxylic acids is 2. The van der Waals surface area contributed by atoms with Crippen LogP contribution in [0.25, 0.3) is 0 Å². The molecule has 6 nitrogen and oxygen atoms in total. The van der Waals surface area contributed by atoms with Gasteiger partial charge in [0.25, 0.3) is 0 Å². The van der Waals surface area contributed by atoms with E-state index in [9.17, 15) is 9.59 Å². The molecule has 1 heterocycles. The molecule has 0 spiro atoms. The molecule has 1 aliphatic rings. The Morgan fingerprint density at radius 2 is 1.67 bits per heavy atom. The molecule has 5 N–H and O–H groups in total. The molecular weight excluding hydrogens is 268 g/mol. The van der Waals surface area contributed by atoms with Gasteiger partial charge in [-0.2, -0.15) is 0 Å². The summed E-state index contributed by atoms with van der Waals surface area (Å²) in [4.78, 5) is 25.1. The lowest BCUT2D eigenvalue weighted by atomic mass is 10.0. The van der Waals surface area contributed by atoms with Crippen molar-refractivity contribution in [2.45, 2.75) is 25.8 Å². The average Bonchev–Trinajstić information content (AvgIpc) is 2.47. The zero-order valence-electron chi connectivity index (χ0n) is 12.3. The van der Waals surface area contributed by atoms with E-state index in [0.717, 1.165) is 38.2 Å². The molecule has 0 atom stereocenters. The highest BCUT2D eigenvalue weighted by molar-refractivity contribution is 5.99. The minimum Gasteiger partial charge on any atom is -0.382 e. The Hall–Kier alpha value is -2.08. The van der Waals surface area contributed by atoms with Gasteiger partial charge in [0, 0.05) is 35.9 Å². The summed E-state index contributed by atoms with van der Waals surface area (Å²) in [5.41, 5.74) is 11.9. The summed E-state index contributed by atoms with van der Waals surface area (Å²) in [5.74, 6) is -1.14. The number of hydrogen-bond donors (Lipinski definition) is 3. The Morgan fingerprint density at radius 1 is 1.14 bits per heavy atom. The van der Waals surface area contributed by atoms with Gasteiger partial charge in [0.05, 0.1) is 0 Å². The predicted octanol–water partition coefficient (Wildman–Crippen LogP) is 0.781. The van der Waals surface area contributed by atoms with E-state index < -0.39 is 11.8 Å². The Balaban J connectivity index is 2.12. The van der Waals surface area contributed by atoms with Crippen molar-refractivity contribution >= 4 is 17.5 Å². The van der Waals surface area contributed by atoms with Crippen LogP contribution in [-0.2, 0) is 0 Å². The van der Waals surface area contributed by atoms with Gasteiger partial charge in [0.15, 0.2) is 0 Å². The molecule has 1 saturated heterocycles. The minimum atomic E-state index is -0.568. The summed E-state index contributed by atoms with van der Waals surface area (Å²) >= 11 is 0. The van der Waals surface area contributed by atoms with Crippen LogP contribution in [0, 0.1) is 0 Å². The van der Waals surface area contributed by atoms with Crippen LogP contribution >= 0.6 is 0 Å². The van der Waals surface area contributed by atoms with Gasteiger partial charge in [0.2, 0.25) is 11.8 Å². The molecule has 0 saturated carbocycles. The van der Waals surface area contributed by atoms with E-state index in [-0.39, 0.29) is 0 Å². The fourth-order valence-corrected chi connectivity index (χ4v) is 2.62. The fraction of sp³-hybridized carbons (Fsp3) is 0.467. The van der Waals surface area contributed by atoms with Crippen molar-refractivity contribution in [2.24, 2.45) is 11.5 Å². The average molecular weight is 290 g/mol. The van der Waals surface area contributed by atoms with Crippen molar-refractivity contribution in [2.75, 3.05) is 25.0 Å². The first-order valence-electron chi connectivity index (χ1n) is 7.23. The third-order valence-corrected chi connectivity index (χ3v) is 3.91. The number of rotatable bonds is 5. The van der Waals surface area contributed by atoms with E-state index in [1.807, 2.05) is 0 Å². The Morgan fingerprint density at radius 3 is 2.10 bits per heavy atom. The summed E-state index contributed by atoms with van der Waals surface area (Å²) in [5, 5.41) is 3.37. The van der Waals surface area contributed by atoms with E-state index in [2.05, 4.69) is 17.1 Å². The third-order valence-electron chi connectivity index (χ3n) is 3.91. The molecule has 0 bridgehead atoms. The monoisotopic (exact) mass is 290 g/mol. The summed E-state index contributed by atoms with van der Waals surface area (Å²) in [6.07, 6.45) is 2.06. The van der Waals surface area contributed by atoms with Crippen LogP contribution in [0.2, 0.25) is 0 Å². The maximum Gasteiger partial charge on any atom is 0.248 e. The summed E-state index contributed by atoms with van der Waals surface area (Å²) in [6.45, 7) is 5.32. The number of hydrogen-bond acceptors (Lipinski definition) is 4. The highest BCUT2D eigenvalue weighted by Crippen LogP contribution is 2.19. The highest BCUT2D eigenvalue weighted by atomic mass is 16.1. The smallest absolute Gasteiger partial charge is 0.248 e. The van der Waals surface area contributed by atoms with E-state index in [4.69, 9.17) is 11.5 Å². The van der Waals surface area contributed by atoms with Gasteiger partial charge in [-0.3, -0.25) is 9.59 Å². The number of nitrogens with zero attached hydrogens (tertiary/aromatic N) is 1. The highest BCUT2D eigenvalue weighted by Gasteiger charge is 2.18. The Kier molecular flexibility index (Phi) is 4.80. The number of nitrogens with two attached hydrogens (primary N) is 2. The first kappa shape index (κ1) is 15.3. The molecular formula is C15H22N4O2. The molecule has 2 amide bonds. The molecule has 1 fully saturated rings. The first-order valence-corrected chi connectivity index (χ1v) is 7.23. The molecule has 2 rings (SSSR count). The quantitative estimate of drug-likeness (QED) is 0.746. The second-order valence-electron chi connectivity index (χ2n) is 5.38. The van der Waals surface area contributed by atoms with Gasteiger partial charge in [0.1, 0.15) is 0 Å². The van der Waals surface area contributed by atoms with Crippen LogP contribution < -0.4 is 16.8 Å². The van der Waals surface area contributed by atoms with Crippen LogP contribution in [0.4, 0.5) is 5.69 Å². The first-order chi connectivity index (χ1) is 9.99. The lowest BCUT2D eigenvalue weighted by molar-refractivity contribution is 0.0999. The van der Waals surface area contributed by atoms with Crippen LogP contribution in [-0.4, -0.2) is 42.4 Å². The Labute approximate surface area is 124 Å². The van der Waals surface area contributed by atoms with Gasteiger partial charge in [-0.25, -0.2) is 0 Å². The van der Waals surface area contributed by atoms with Gasteiger partial charge in [-0.05, 0) is 37.6 Å². The zero-order valence-corrected chi connectivity index (χ0v) is 12.3. The summed E-state index contributed by atoms with van der Waals surface area (Å²) in [7, 11) is 0. The lowest BCUT2D eigenvalue weighted by Gasteiger charge is -2.32. The number of anilines is 1. The third kappa shape index (κ3) is 3.95. The predicted molar refractivity (Wildman–Crippen MR) is 82.2 cm³/mol. The van der Waals surface area contributed by atoms with Crippen LogP contribution in [0.15, 0.2) is 18.2 Å². The fourth-order valence-electron chi connectivity index (χ4n) is 2.62. The summed E-state index contributed by atoms with van der Waals surface area (Å²) < 4.78 is 0. The van der Waals surface area contributed by atoms with E-state index in [0.29, 0.717) is 17.2 Å². The van der Waals surface area contributed by atoms with E-state index >= 15 is 0 Å². The van der Waals surface area contributed by atoms with Gasteiger partial charge in [-0.1, -0.05) is 6.92 Å². The molecule has 0 unspecified atom stereocenters. The molecule has 114 valence electrons. The molecule has 0 aromatic heterocycles. The molecule has 1 aliphatic heterocycles. The minimum absolute atomic E-state index is 0.291. The van der Waals surface area contributed by atoms with Crippen molar-refractivity contribution in [3.63, 3.8) is 0 Å². The number of nitrogens with one attached hydrogen (secondary N) is 1. The van der Waals surface area contributed by atoms with Gasteiger partial charge in [-0.15, -0.1) is 0 Å². The number of primary amides is 2. The normalized spacial score (nSPS) is 16.6. The standard InChI is InChI=1S/C15H22N4O2/c1-2-19-5-3-12(4-6-19)18-13-8-10(14(16)20)7-11(9-13)15(17)21/h7-9,12,18H,2-6H2,1H3,(H2,16,20)(H2,17,21). The van der Waals surface area contributed by atoms with Crippen molar-refractivity contribution in [3.05, 3.63) is 29.3 Å². The second kappa shape index (κ2) is 6.58. The van der Waals surface area contributed by atoms with Crippen molar-refractivity contribution in [3.8, 4) is 0 Å². The van der Waals surface area contributed by atoms with E-state index in [1.165, 1.54) is 6.07 Å². The maximum absolute atomic E-state index is 11.3. The van der Waals surface area contributed by atoms with Crippen LogP contribution in [0.3, 0.4) is 0 Å². The number of piperidine rings is 1. The molecule has 6 heteroatoms. The van der Waals surface area contributed by atoms with Crippen LogP contribution in [0.5, 0.6) is 0 Å². The SMILES string of the molecule is CCN1CCC(Nc2cc(C(N)=O)cc(C(N)=O)c2)CC1.